The fourth-order valence-corrected chi connectivity index (χ4v) is 2.14. The Hall–Kier alpha value is -1.70. The van der Waals surface area contributed by atoms with Crippen LogP contribution in [0.25, 0.3) is 10.8 Å². The van der Waals surface area contributed by atoms with E-state index in [0.29, 0.717) is 0 Å². The van der Waals surface area contributed by atoms with Crippen LogP contribution in [-0.4, -0.2) is 14.2 Å². The number of hydrogen-bond acceptors (Lipinski definition) is 2. The molecule has 0 aliphatic heterocycles. The summed E-state index contributed by atoms with van der Waals surface area (Å²) in [4.78, 5) is 0. The highest BCUT2D eigenvalue weighted by Crippen LogP contribution is 2.37. The molecule has 0 radical (unpaired) electrons. The first-order valence-corrected chi connectivity index (χ1v) is 5.30. The van der Waals surface area contributed by atoms with Crippen molar-refractivity contribution in [2.75, 3.05) is 14.2 Å². The Balaban J connectivity index is 2.94. The normalized spacial score (nSPS) is 10.5. The lowest BCUT2D eigenvalue weighted by Crippen LogP contribution is -1.94. The molecular weight excluding hydrogens is 200 g/mol. The summed E-state index contributed by atoms with van der Waals surface area (Å²) in [5, 5.41) is 2.24. The van der Waals surface area contributed by atoms with Gasteiger partial charge in [0.05, 0.1) is 14.2 Å². The van der Waals surface area contributed by atoms with Crippen LogP contribution in [0.15, 0.2) is 24.3 Å². The predicted octanol–water partition coefficient (Wildman–Crippen LogP) is 3.47. The van der Waals surface area contributed by atoms with Gasteiger partial charge in [0.25, 0.3) is 0 Å². The van der Waals surface area contributed by atoms with E-state index in [0.717, 1.165) is 27.8 Å². The average molecular weight is 216 g/mol. The number of rotatable bonds is 2. The van der Waals surface area contributed by atoms with Crippen molar-refractivity contribution < 1.29 is 9.47 Å². The number of hydrogen-bond donors (Lipinski definition) is 0. The molecule has 16 heavy (non-hydrogen) atoms. The van der Waals surface area contributed by atoms with Crippen molar-refractivity contribution in [2.45, 2.75) is 13.8 Å². The number of fused-ring (bicyclic) bond motifs is 1. The molecule has 0 N–H and O–H groups in total. The van der Waals surface area contributed by atoms with Crippen molar-refractivity contribution in [1.82, 2.24) is 0 Å². The van der Waals surface area contributed by atoms with Gasteiger partial charge in [0.2, 0.25) is 0 Å². The highest BCUT2D eigenvalue weighted by molar-refractivity contribution is 5.96. The van der Waals surface area contributed by atoms with E-state index in [4.69, 9.17) is 9.47 Å². The maximum atomic E-state index is 5.48. The molecule has 0 aliphatic rings. The smallest absolute Gasteiger partial charge is 0.130 e. The molecule has 0 amide bonds. The van der Waals surface area contributed by atoms with Crippen molar-refractivity contribution in [1.29, 1.82) is 0 Å². The molecule has 2 rings (SSSR count). The lowest BCUT2D eigenvalue weighted by atomic mass is 10.0. The Labute approximate surface area is 95.8 Å². The SMILES string of the molecule is COc1cc(C)c(OC)c2c(C)cccc12. The zero-order valence-electron chi connectivity index (χ0n) is 10.1. The zero-order valence-corrected chi connectivity index (χ0v) is 10.1. The van der Waals surface area contributed by atoms with Gasteiger partial charge in [-0.3, -0.25) is 0 Å². The molecule has 0 heterocycles. The third kappa shape index (κ3) is 1.51. The molecule has 0 bridgehead atoms. The van der Waals surface area contributed by atoms with Crippen LogP contribution in [0.4, 0.5) is 0 Å². The van der Waals surface area contributed by atoms with Gasteiger partial charge in [0, 0.05) is 10.8 Å². The van der Waals surface area contributed by atoms with E-state index >= 15 is 0 Å². The minimum absolute atomic E-state index is 0.900. The minimum atomic E-state index is 0.900. The van der Waals surface area contributed by atoms with Gasteiger partial charge in [0.15, 0.2) is 0 Å². The van der Waals surface area contributed by atoms with Crippen molar-refractivity contribution in [2.24, 2.45) is 0 Å². The monoisotopic (exact) mass is 216 g/mol. The first-order chi connectivity index (χ1) is 7.69. The number of ether oxygens (including phenoxy) is 2. The summed E-state index contributed by atoms with van der Waals surface area (Å²) >= 11 is 0. The zero-order chi connectivity index (χ0) is 11.7. The molecule has 0 saturated heterocycles. The number of methoxy groups -OCH3 is 2. The molecule has 2 aromatic carbocycles. The highest BCUT2D eigenvalue weighted by Gasteiger charge is 2.12. The van der Waals surface area contributed by atoms with Crippen LogP contribution in [0.1, 0.15) is 11.1 Å². The van der Waals surface area contributed by atoms with Gasteiger partial charge in [-0.25, -0.2) is 0 Å². The third-order valence-corrected chi connectivity index (χ3v) is 2.90. The molecule has 0 unspecified atom stereocenters. The van der Waals surface area contributed by atoms with Gasteiger partial charge in [-0.2, -0.15) is 0 Å². The predicted molar refractivity (Wildman–Crippen MR) is 66.5 cm³/mol. The Kier molecular flexibility index (Phi) is 2.73. The fourth-order valence-electron chi connectivity index (χ4n) is 2.14. The van der Waals surface area contributed by atoms with Crippen LogP contribution in [0.3, 0.4) is 0 Å². The van der Waals surface area contributed by atoms with Crippen LogP contribution < -0.4 is 9.47 Å². The molecule has 2 aromatic rings. The fraction of sp³-hybridized carbons (Fsp3) is 0.286. The molecule has 0 saturated carbocycles. The molecule has 84 valence electrons. The quantitative estimate of drug-likeness (QED) is 0.765. The van der Waals surface area contributed by atoms with Gasteiger partial charge >= 0.3 is 0 Å². The van der Waals surface area contributed by atoms with Crippen LogP contribution >= 0.6 is 0 Å². The summed E-state index contributed by atoms with van der Waals surface area (Å²) in [5.41, 5.74) is 2.30. The molecule has 2 heteroatoms. The Morgan fingerprint density at radius 3 is 2.31 bits per heavy atom. The van der Waals surface area contributed by atoms with Crippen LogP contribution in [-0.2, 0) is 0 Å². The summed E-state index contributed by atoms with van der Waals surface area (Å²) in [6.07, 6.45) is 0. The second-order valence-corrected chi connectivity index (χ2v) is 3.93. The molecule has 0 spiro atoms. The second kappa shape index (κ2) is 4.05. The van der Waals surface area contributed by atoms with Crippen LogP contribution in [0.2, 0.25) is 0 Å². The van der Waals surface area contributed by atoms with E-state index in [-0.39, 0.29) is 0 Å². The Morgan fingerprint density at radius 1 is 0.938 bits per heavy atom. The summed E-state index contributed by atoms with van der Waals surface area (Å²) in [7, 11) is 3.41. The van der Waals surface area contributed by atoms with Crippen molar-refractivity contribution in [3.63, 3.8) is 0 Å². The topological polar surface area (TPSA) is 18.5 Å². The summed E-state index contributed by atoms with van der Waals surface area (Å²) in [6.45, 7) is 4.12. The Bertz CT molecular complexity index is 530. The first-order valence-electron chi connectivity index (χ1n) is 5.30. The van der Waals surface area contributed by atoms with Gasteiger partial charge in [-0.1, -0.05) is 18.2 Å². The molecule has 0 aromatic heterocycles. The number of benzene rings is 2. The Morgan fingerprint density at radius 2 is 1.69 bits per heavy atom. The lowest BCUT2D eigenvalue weighted by Gasteiger charge is -2.14. The summed E-state index contributed by atoms with van der Waals surface area (Å²) in [6, 6.07) is 8.20. The maximum Gasteiger partial charge on any atom is 0.130 e. The van der Waals surface area contributed by atoms with Gasteiger partial charge in [-0.15, -0.1) is 0 Å². The molecule has 2 nitrogen and oxygen atoms in total. The standard InChI is InChI=1S/C14H16O2/c1-9-6-5-7-11-12(15-3)8-10(2)14(16-4)13(9)11/h5-8H,1-4H3. The highest BCUT2D eigenvalue weighted by atomic mass is 16.5. The van der Waals surface area contributed by atoms with Crippen molar-refractivity contribution >= 4 is 10.8 Å². The van der Waals surface area contributed by atoms with E-state index < -0.39 is 0 Å². The van der Waals surface area contributed by atoms with Gasteiger partial charge in [0.1, 0.15) is 11.5 Å². The summed E-state index contributed by atoms with van der Waals surface area (Å²) in [5.74, 6) is 1.84. The minimum Gasteiger partial charge on any atom is -0.496 e. The van der Waals surface area contributed by atoms with Crippen molar-refractivity contribution in [3.8, 4) is 11.5 Å². The maximum absolute atomic E-state index is 5.48. The summed E-state index contributed by atoms with van der Waals surface area (Å²) < 4.78 is 10.9. The van der Waals surface area contributed by atoms with E-state index in [1.807, 2.05) is 19.1 Å². The first kappa shape index (κ1) is 10.8. The molecule has 0 atom stereocenters. The van der Waals surface area contributed by atoms with Crippen LogP contribution in [0, 0.1) is 13.8 Å². The van der Waals surface area contributed by atoms with E-state index in [1.54, 1.807) is 14.2 Å². The lowest BCUT2D eigenvalue weighted by molar-refractivity contribution is 0.408. The average Bonchev–Trinajstić information content (AvgIpc) is 2.29. The third-order valence-electron chi connectivity index (χ3n) is 2.90. The largest absolute Gasteiger partial charge is 0.496 e. The number of aryl methyl sites for hydroxylation is 2. The van der Waals surface area contributed by atoms with E-state index in [2.05, 4.69) is 19.1 Å². The van der Waals surface area contributed by atoms with E-state index in [1.165, 1.54) is 5.56 Å². The van der Waals surface area contributed by atoms with Gasteiger partial charge in [-0.05, 0) is 31.0 Å². The second-order valence-electron chi connectivity index (χ2n) is 3.93. The van der Waals surface area contributed by atoms with Crippen LogP contribution in [0.5, 0.6) is 11.5 Å². The van der Waals surface area contributed by atoms with Gasteiger partial charge < -0.3 is 9.47 Å². The molecular formula is C14H16O2. The van der Waals surface area contributed by atoms with Crippen molar-refractivity contribution in [3.05, 3.63) is 35.4 Å². The molecule has 0 aliphatic carbocycles. The molecule has 0 fully saturated rings. The van der Waals surface area contributed by atoms with E-state index in [9.17, 15) is 0 Å².